The molecule has 0 amide bonds. The van der Waals surface area contributed by atoms with Gasteiger partial charge in [-0.1, -0.05) is 53.1 Å². The van der Waals surface area contributed by atoms with Crippen LogP contribution in [0.1, 0.15) is 25.6 Å². The molecule has 0 saturated heterocycles. The van der Waals surface area contributed by atoms with E-state index >= 15 is 0 Å². The number of carboxylic acids is 1. The Morgan fingerprint density at radius 1 is 1.48 bits per heavy atom. The number of benzene rings is 1. The third-order valence-corrected chi connectivity index (χ3v) is 4.38. The quantitative estimate of drug-likeness (QED) is 0.782. The molecule has 1 N–H and O–H groups in total. The maximum Gasteiger partial charge on any atom is 0.313 e. The first-order valence-corrected chi connectivity index (χ1v) is 8.31. The lowest BCUT2D eigenvalue weighted by molar-refractivity contribution is -0.133. The molecule has 0 aliphatic carbocycles. The van der Waals surface area contributed by atoms with Crippen molar-refractivity contribution in [2.75, 3.05) is 5.75 Å². The number of aliphatic carboxylic acids is 1. The smallest absolute Gasteiger partial charge is 0.313 e. The van der Waals surface area contributed by atoms with Gasteiger partial charge in [0.05, 0.1) is 16.5 Å². The molecule has 1 aromatic heterocycles. The second-order valence-corrected chi connectivity index (χ2v) is 6.87. The van der Waals surface area contributed by atoms with E-state index < -0.39 is 5.97 Å². The zero-order valence-corrected chi connectivity index (χ0v) is 14.5. The topological polar surface area (TPSA) is 68.0 Å². The summed E-state index contributed by atoms with van der Waals surface area (Å²) in [6, 6.07) is 5.48. The number of thioether (sulfide) groups is 1. The van der Waals surface area contributed by atoms with Gasteiger partial charge in [-0.15, -0.1) is 10.2 Å². The highest BCUT2D eigenvalue weighted by molar-refractivity contribution is 9.10. The first-order valence-electron chi connectivity index (χ1n) is 6.15. The molecule has 0 bridgehead atoms. The van der Waals surface area contributed by atoms with Gasteiger partial charge in [-0.05, 0) is 18.2 Å². The molecule has 0 aliphatic heterocycles. The van der Waals surface area contributed by atoms with E-state index in [1.54, 1.807) is 6.07 Å². The molecule has 2 aromatic rings. The van der Waals surface area contributed by atoms with Crippen LogP contribution in [0.25, 0.3) is 5.69 Å². The summed E-state index contributed by atoms with van der Waals surface area (Å²) in [5.74, 6) is -0.113. The van der Waals surface area contributed by atoms with E-state index in [9.17, 15) is 4.79 Å². The average molecular weight is 391 g/mol. The van der Waals surface area contributed by atoms with Crippen LogP contribution >= 0.6 is 39.3 Å². The summed E-state index contributed by atoms with van der Waals surface area (Å²) in [5.41, 5.74) is 0.729. The summed E-state index contributed by atoms with van der Waals surface area (Å²) < 4.78 is 2.69. The number of nitrogens with zero attached hydrogens (tertiary/aromatic N) is 3. The van der Waals surface area contributed by atoms with Gasteiger partial charge >= 0.3 is 5.97 Å². The number of carbonyl (C=O) groups is 1. The molecule has 0 fully saturated rings. The molecule has 2 rings (SSSR count). The molecule has 0 aliphatic rings. The number of aromatic nitrogens is 3. The van der Waals surface area contributed by atoms with E-state index in [1.807, 2.05) is 30.5 Å². The van der Waals surface area contributed by atoms with Gasteiger partial charge < -0.3 is 5.11 Å². The largest absolute Gasteiger partial charge is 0.481 e. The molecule has 1 heterocycles. The van der Waals surface area contributed by atoms with Gasteiger partial charge in [0.1, 0.15) is 5.82 Å². The summed E-state index contributed by atoms with van der Waals surface area (Å²) >= 11 is 10.8. The Morgan fingerprint density at radius 3 is 2.81 bits per heavy atom. The van der Waals surface area contributed by atoms with Crippen LogP contribution in [0, 0.1) is 0 Å². The van der Waals surface area contributed by atoms with Gasteiger partial charge in [-0.2, -0.15) is 0 Å². The molecular formula is C13H13BrClN3O2S. The van der Waals surface area contributed by atoms with E-state index in [4.69, 9.17) is 16.7 Å². The number of hydrogen-bond acceptors (Lipinski definition) is 4. The number of rotatable bonds is 5. The molecule has 21 heavy (non-hydrogen) atoms. The SMILES string of the molecule is CC(C)c1nnc(SCC(=O)O)n1-c1cc(Br)ccc1Cl. The van der Waals surface area contributed by atoms with Gasteiger partial charge in [0.25, 0.3) is 0 Å². The van der Waals surface area contributed by atoms with Gasteiger partial charge in [0.15, 0.2) is 5.16 Å². The van der Waals surface area contributed by atoms with Crippen molar-refractivity contribution in [3.63, 3.8) is 0 Å². The fourth-order valence-corrected chi connectivity index (χ4v) is 2.98. The highest BCUT2D eigenvalue weighted by Gasteiger charge is 2.19. The van der Waals surface area contributed by atoms with Crippen molar-refractivity contribution in [1.82, 2.24) is 14.8 Å². The molecular weight excluding hydrogens is 378 g/mol. The molecule has 112 valence electrons. The Morgan fingerprint density at radius 2 is 2.19 bits per heavy atom. The van der Waals surface area contributed by atoms with Crippen LogP contribution in [-0.2, 0) is 4.79 Å². The Balaban J connectivity index is 2.55. The van der Waals surface area contributed by atoms with Crippen molar-refractivity contribution < 1.29 is 9.90 Å². The number of hydrogen-bond donors (Lipinski definition) is 1. The van der Waals surface area contributed by atoms with Crippen molar-refractivity contribution in [3.05, 3.63) is 33.5 Å². The second-order valence-electron chi connectivity index (χ2n) is 4.61. The van der Waals surface area contributed by atoms with Crippen LogP contribution in [0.4, 0.5) is 0 Å². The zero-order valence-electron chi connectivity index (χ0n) is 11.4. The van der Waals surface area contributed by atoms with Crippen LogP contribution in [-0.4, -0.2) is 31.6 Å². The first-order chi connectivity index (χ1) is 9.90. The fourth-order valence-electron chi connectivity index (χ4n) is 1.76. The lowest BCUT2D eigenvalue weighted by Crippen LogP contribution is -2.06. The van der Waals surface area contributed by atoms with Gasteiger partial charge in [-0.3, -0.25) is 9.36 Å². The second kappa shape index (κ2) is 6.81. The molecule has 8 heteroatoms. The summed E-state index contributed by atoms with van der Waals surface area (Å²) in [4.78, 5) is 10.8. The van der Waals surface area contributed by atoms with Crippen LogP contribution < -0.4 is 0 Å². The Labute approximate surface area is 139 Å². The van der Waals surface area contributed by atoms with Crippen LogP contribution in [0.5, 0.6) is 0 Å². The van der Waals surface area contributed by atoms with Crippen molar-refractivity contribution in [2.24, 2.45) is 0 Å². The molecule has 0 unspecified atom stereocenters. The van der Waals surface area contributed by atoms with Crippen molar-refractivity contribution >= 4 is 45.3 Å². The summed E-state index contributed by atoms with van der Waals surface area (Å²) in [5, 5.41) is 18.2. The third kappa shape index (κ3) is 3.78. The summed E-state index contributed by atoms with van der Waals surface area (Å²) in [6.07, 6.45) is 0. The highest BCUT2D eigenvalue weighted by atomic mass is 79.9. The standard InChI is InChI=1S/C13H13BrClN3O2S/c1-7(2)12-16-17-13(21-6-11(19)20)18(12)10-5-8(14)3-4-9(10)15/h3-5,7H,6H2,1-2H3,(H,19,20). The molecule has 5 nitrogen and oxygen atoms in total. The molecule has 0 atom stereocenters. The maximum atomic E-state index is 10.8. The predicted octanol–water partition coefficient (Wildman–Crippen LogP) is 3.98. The summed E-state index contributed by atoms with van der Waals surface area (Å²) in [7, 11) is 0. The summed E-state index contributed by atoms with van der Waals surface area (Å²) in [6.45, 7) is 4.00. The van der Waals surface area contributed by atoms with Gasteiger partial charge in [-0.25, -0.2) is 0 Å². The average Bonchev–Trinajstić information content (AvgIpc) is 2.83. The van der Waals surface area contributed by atoms with Crippen molar-refractivity contribution in [3.8, 4) is 5.69 Å². The lowest BCUT2D eigenvalue weighted by Gasteiger charge is -2.13. The third-order valence-electron chi connectivity index (χ3n) is 2.65. The van der Waals surface area contributed by atoms with Gasteiger partial charge in [0, 0.05) is 10.4 Å². The predicted molar refractivity (Wildman–Crippen MR) is 86.5 cm³/mol. The zero-order chi connectivity index (χ0) is 15.6. The monoisotopic (exact) mass is 389 g/mol. The minimum atomic E-state index is -0.902. The minimum absolute atomic E-state index is 0.0815. The van der Waals surface area contributed by atoms with Crippen molar-refractivity contribution in [2.45, 2.75) is 24.9 Å². The molecule has 0 radical (unpaired) electrons. The lowest BCUT2D eigenvalue weighted by atomic mass is 10.2. The normalized spacial score (nSPS) is 11.1. The van der Waals surface area contributed by atoms with E-state index in [2.05, 4.69) is 26.1 Å². The molecule has 0 saturated carbocycles. The molecule has 0 spiro atoms. The first kappa shape index (κ1) is 16.3. The minimum Gasteiger partial charge on any atom is -0.481 e. The maximum absolute atomic E-state index is 10.8. The fraction of sp³-hybridized carbons (Fsp3) is 0.308. The van der Waals surface area contributed by atoms with Crippen LogP contribution in [0.2, 0.25) is 5.02 Å². The van der Waals surface area contributed by atoms with Crippen LogP contribution in [0.15, 0.2) is 27.8 Å². The van der Waals surface area contributed by atoms with Crippen LogP contribution in [0.3, 0.4) is 0 Å². The van der Waals surface area contributed by atoms with E-state index in [-0.39, 0.29) is 11.7 Å². The van der Waals surface area contributed by atoms with E-state index in [1.165, 1.54) is 0 Å². The van der Waals surface area contributed by atoms with E-state index in [0.717, 1.165) is 27.7 Å². The number of carboxylic acid groups (broad SMARTS) is 1. The van der Waals surface area contributed by atoms with Gasteiger partial charge in [0.2, 0.25) is 0 Å². The van der Waals surface area contributed by atoms with E-state index in [0.29, 0.717) is 10.2 Å². The Hall–Kier alpha value is -1.05. The highest BCUT2D eigenvalue weighted by Crippen LogP contribution is 2.31. The van der Waals surface area contributed by atoms with Crippen molar-refractivity contribution in [1.29, 1.82) is 0 Å². The Bertz CT molecular complexity index is 675. The molecule has 1 aromatic carbocycles. The Kier molecular flexibility index (Phi) is 5.29. The number of halogens is 2.